The molecular weight excluding hydrogens is 904 g/mol. The maximum atomic E-state index is 14.8. The number of aromatic hydroxyl groups is 1. The van der Waals surface area contributed by atoms with E-state index in [9.17, 15) is 24.3 Å². The van der Waals surface area contributed by atoms with Gasteiger partial charge in [-0.3, -0.25) is 29.0 Å². The number of carbonyl (C=O) groups is 4. The molecule has 2 aliphatic carbocycles. The maximum Gasteiger partial charge on any atom is 0.238 e. The van der Waals surface area contributed by atoms with Gasteiger partial charge in [-0.15, -0.1) is 0 Å². The molecule has 0 bridgehead atoms. The number of rotatable bonds is 12. The number of phenols is 1. The minimum Gasteiger partial charge on any atom is -0.503 e. The van der Waals surface area contributed by atoms with E-state index < -0.39 is 35.5 Å². The minimum atomic E-state index is -0.821. The normalized spacial score (nSPS) is 22.4. The molecular formula is C53H47BrN2O10. The summed E-state index contributed by atoms with van der Waals surface area (Å²) in [6.45, 7) is 0. The van der Waals surface area contributed by atoms with E-state index in [4.69, 9.17) is 23.7 Å². The Kier molecular flexibility index (Phi) is 12.1. The monoisotopic (exact) mass is 950 g/mol. The van der Waals surface area contributed by atoms with Crippen molar-refractivity contribution in [1.29, 1.82) is 0 Å². The number of ether oxygens (including phenoxy) is 5. The lowest BCUT2D eigenvalue weighted by atomic mass is 9.57. The van der Waals surface area contributed by atoms with Crippen molar-refractivity contribution in [3.8, 4) is 34.5 Å². The number of amides is 4. The van der Waals surface area contributed by atoms with Crippen LogP contribution in [0.1, 0.15) is 46.6 Å². The Morgan fingerprint density at radius 3 is 1.55 bits per heavy atom. The van der Waals surface area contributed by atoms with Crippen molar-refractivity contribution in [2.45, 2.75) is 18.8 Å². The fourth-order valence-corrected chi connectivity index (χ4v) is 10.6. The molecule has 2 aliphatic heterocycles. The van der Waals surface area contributed by atoms with E-state index in [1.54, 1.807) is 64.8 Å². The van der Waals surface area contributed by atoms with Crippen LogP contribution in [0.25, 0.3) is 24.3 Å². The van der Waals surface area contributed by atoms with Crippen molar-refractivity contribution in [2.75, 3.05) is 45.3 Å². The molecule has 9 rings (SSSR count). The molecule has 0 radical (unpaired) electrons. The van der Waals surface area contributed by atoms with Gasteiger partial charge in [0.2, 0.25) is 23.6 Å². The predicted octanol–water partition coefficient (Wildman–Crippen LogP) is 9.58. The standard InChI is InChI=1S/C53H47BrN2O10/c1-62-36-18-22-43(64-3)31(24-36)12-6-29-8-14-34(15-9-29)55-50(58)39-21-20-38-40(47(39)52(55)60)28-41-48(46(38)33-26-42(54)49(57)45(27-33)66-5)53(61)56(51(41)59)35-16-10-30(11-17-35)7-13-32-25-37(63-2)19-23-44(32)65-4/h6-20,22-27,39-41,46-48,57H,21,28H2,1-5H3. The van der Waals surface area contributed by atoms with E-state index >= 15 is 0 Å². The molecule has 336 valence electrons. The molecule has 0 aromatic heterocycles. The zero-order chi connectivity index (χ0) is 46.4. The number of halogens is 1. The van der Waals surface area contributed by atoms with Gasteiger partial charge in [0.15, 0.2) is 11.5 Å². The van der Waals surface area contributed by atoms with Gasteiger partial charge >= 0.3 is 0 Å². The number of allylic oxidation sites excluding steroid dienone is 2. The van der Waals surface area contributed by atoms with Gasteiger partial charge in [0.1, 0.15) is 23.0 Å². The van der Waals surface area contributed by atoms with Crippen molar-refractivity contribution in [1.82, 2.24) is 0 Å². The number of anilines is 2. The van der Waals surface area contributed by atoms with Crippen LogP contribution in [-0.4, -0.2) is 64.3 Å². The quantitative estimate of drug-likeness (QED) is 0.0731. The molecule has 13 heteroatoms. The topological polar surface area (TPSA) is 141 Å². The van der Waals surface area contributed by atoms with E-state index in [2.05, 4.69) is 15.9 Å². The first-order chi connectivity index (χ1) is 32.0. The summed E-state index contributed by atoms with van der Waals surface area (Å²) in [7, 11) is 7.85. The minimum absolute atomic E-state index is 0.106. The zero-order valence-corrected chi connectivity index (χ0v) is 38.5. The number of methoxy groups -OCH3 is 5. The summed E-state index contributed by atoms with van der Waals surface area (Å²) in [4.78, 5) is 61.2. The first-order valence-corrected chi connectivity index (χ1v) is 22.3. The smallest absolute Gasteiger partial charge is 0.238 e. The second-order valence-electron chi connectivity index (χ2n) is 16.7. The van der Waals surface area contributed by atoms with E-state index in [0.29, 0.717) is 44.4 Å². The maximum absolute atomic E-state index is 14.8. The van der Waals surface area contributed by atoms with E-state index in [-0.39, 0.29) is 48.0 Å². The van der Waals surface area contributed by atoms with Crippen LogP contribution in [-0.2, 0) is 19.2 Å². The summed E-state index contributed by atoms with van der Waals surface area (Å²) in [6.07, 6.45) is 10.1. The molecule has 6 atom stereocenters. The van der Waals surface area contributed by atoms with Crippen molar-refractivity contribution < 1.29 is 48.0 Å². The molecule has 1 saturated carbocycles. The summed E-state index contributed by atoms with van der Waals surface area (Å²) < 4.78 is 27.7. The Morgan fingerprint density at radius 1 is 0.545 bits per heavy atom. The molecule has 0 spiro atoms. The fourth-order valence-electron chi connectivity index (χ4n) is 10.2. The average Bonchev–Trinajstić information content (AvgIpc) is 3.75. The third-order valence-electron chi connectivity index (χ3n) is 13.4. The van der Waals surface area contributed by atoms with Gasteiger partial charge in [-0.05, 0) is 124 Å². The summed E-state index contributed by atoms with van der Waals surface area (Å²) in [6, 6.07) is 28.9. The van der Waals surface area contributed by atoms with Gasteiger partial charge in [0.25, 0.3) is 0 Å². The number of phenolic OH excluding ortho intramolecular Hbond substituents is 1. The summed E-state index contributed by atoms with van der Waals surface area (Å²) in [5.74, 6) is -2.75. The number of hydrogen-bond donors (Lipinski definition) is 1. The Hall–Kier alpha value is -7.12. The van der Waals surface area contributed by atoms with Crippen LogP contribution in [0.4, 0.5) is 11.4 Å². The summed E-state index contributed by atoms with van der Waals surface area (Å²) >= 11 is 3.47. The third-order valence-corrected chi connectivity index (χ3v) is 14.0. The van der Waals surface area contributed by atoms with E-state index in [0.717, 1.165) is 27.8 Å². The van der Waals surface area contributed by atoms with Crippen LogP contribution in [0.15, 0.2) is 113 Å². The van der Waals surface area contributed by atoms with E-state index in [1.807, 2.05) is 91.0 Å². The van der Waals surface area contributed by atoms with E-state index in [1.165, 1.54) is 16.9 Å². The number of fused-ring (bicyclic) bond motifs is 4. The largest absolute Gasteiger partial charge is 0.503 e. The van der Waals surface area contributed by atoms with Crippen molar-refractivity contribution in [2.24, 2.45) is 29.6 Å². The summed E-state index contributed by atoms with van der Waals surface area (Å²) in [5.41, 5.74) is 5.65. The molecule has 2 heterocycles. The second kappa shape index (κ2) is 18.0. The third kappa shape index (κ3) is 7.70. The molecule has 4 aliphatic rings. The summed E-state index contributed by atoms with van der Waals surface area (Å²) in [5, 5.41) is 10.8. The first kappa shape index (κ1) is 44.1. The predicted molar refractivity (Wildman–Crippen MR) is 255 cm³/mol. The number of imide groups is 2. The Bertz CT molecular complexity index is 2850. The lowest BCUT2D eigenvalue weighted by Crippen LogP contribution is -2.43. The number of carbonyl (C=O) groups excluding carboxylic acids is 4. The van der Waals surface area contributed by atoms with Crippen molar-refractivity contribution in [3.63, 3.8) is 0 Å². The number of benzene rings is 5. The molecule has 66 heavy (non-hydrogen) atoms. The first-order valence-electron chi connectivity index (χ1n) is 21.5. The lowest BCUT2D eigenvalue weighted by Gasteiger charge is -2.44. The molecule has 4 amide bonds. The second-order valence-corrected chi connectivity index (χ2v) is 17.5. The van der Waals surface area contributed by atoms with Crippen LogP contribution >= 0.6 is 15.9 Å². The molecule has 5 aromatic rings. The fraction of sp³-hybridized carbons (Fsp3) is 0.245. The van der Waals surface area contributed by atoms with Gasteiger partial charge < -0.3 is 28.8 Å². The van der Waals surface area contributed by atoms with Gasteiger partial charge in [0.05, 0.1) is 75.1 Å². The van der Waals surface area contributed by atoms with Crippen LogP contribution in [0.5, 0.6) is 34.5 Å². The van der Waals surface area contributed by atoms with Crippen LogP contribution < -0.4 is 33.5 Å². The van der Waals surface area contributed by atoms with Gasteiger partial charge in [-0.2, -0.15) is 0 Å². The molecule has 2 saturated heterocycles. The Balaban J connectivity index is 1.02. The zero-order valence-electron chi connectivity index (χ0n) is 36.9. The highest BCUT2D eigenvalue weighted by Crippen LogP contribution is 2.59. The highest BCUT2D eigenvalue weighted by atomic mass is 79.9. The molecule has 3 fully saturated rings. The van der Waals surface area contributed by atoms with Crippen molar-refractivity contribution >= 4 is 75.2 Å². The number of nitrogens with zero attached hydrogens (tertiary/aromatic N) is 2. The van der Waals surface area contributed by atoms with Crippen molar-refractivity contribution in [3.05, 3.63) is 141 Å². The van der Waals surface area contributed by atoms with Gasteiger partial charge in [0, 0.05) is 17.0 Å². The van der Waals surface area contributed by atoms with Gasteiger partial charge in [-0.25, -0.2) is 0 Å². The van der Waals surface area contributed by atoms with Crippen LogP contribution in [0.2, 0.25) is 0 Å². The lowest BCUT2D eigenvalue weighted by molar-refractivity contribution is -0.126. The Morgan fingerprint density at radius 2 is 1.05 bits per heavy atom. The molecule has 1 N–H and O–H groups in total. The Labute approximate surface area is 390 Å². The van der Waals surface area contributed by atoms with Crippen LogP contribution in [0, 0.1) is 29.6 Å². The molecule has 5 aromatic carbocycles. The van der Waals surface area contributed by atoms with Crippen LogP contribution in [0.3, 0.4) is 0 Å². The number of hydrogen-bond acceptors (Lipinski definition) is 10. The highest BCUT2D eigenvalue weighted by Gasteiger charge is 2.62. The molecule has 12 nitrogen and oxygen atoms in total. The highest BCUT2D eigenvalue weighted by molar-refractivity contribution is 9.10. The SMILES string of the molecule is COc1ccc(OC)c(C=Cc2ccc(N3C(=O)C4CC=C5C(CC6C(=O)N(c7ccc(C=Cc8cc(OC)ccc8OC)cc7)C(=O)C6C5c5cc(Br)c(O)c(OC)c5)C4C3=O)cc2)c1. The van der Waals surface area contributed by atoms with Gasteiger partial charge in [-0.1, -0.05) is 60.2 Å². The average molecular weight is 952 g/mol. The molecule has 6 unspecified atom stereocenters.